The number of rotatable bonds is 6. The standard InChI is InChI=1S/C15H20F2N2O3S/c16-14(17)23(21,22)12-6-4-11(5-7-12)10-19-15(13(18)20)8-2-1-3-9-15/h4-7,14,19H,1-3,8-10H2,(H2,18,20). The minimum atomic E-state index is -4.58. The molecule has 1 aliphatic rings. The van der Waals surface area contributed by atoms with Crippen LogP contribution in [0.1, 0.15) is 37.7 Å². The summed E-state index contributed by atoms with van der Waals surface area (Å²) in [6.07, 6.45) is 4.24. The normalized spacial score (nSPS) is 18.0. The van der Waals surface area contributed by atoms with E-state index in [0.29, 0.717) is 24.9 Å². The van der Waals surface area contributed by atoms with Gasteiger partial charge in [0.1, 0.15) is 0 Å². The molecule has 1 fully saturated rings. The zero-order valence-corrected chi connectivity index (χ0v) is 13.4. The van der Waals surface area contributed by atoms with Crippen molar-refractivity contribution in [1.29, 1.82) is 0 Å². The highest BCUT2D eigenvalue weighted by Crippen LogP contribution is 2.28. The predicted octanol–water partition coefficient (Wildman–Crippen LogP) is 1.96. The number of carbonyl (C=O) groups excluding carboxylic acids is 1. The van der Waals surface area contributed by atoms with Gasteiger partial charge in [0, 0.05) is 6.54 Å². The molecule has 3 N–H and O–H groups in total. The summed E-state index contributed by atoms with van der Waals surface area (Å²) in [5.74, 6) is -3.83. The van der Waals surface area contributed by atoms with Crippen molar-refractivity contribution in [2.75, 3.05) is 0 Å². The van der Waals surface area contributed by atoms with E-state index in [1.54, 1.807) is 0 Å². The van der Waals surface area contributed by atoms with Gasteiger partial charge in [0.15, 0.2) is 0 Å². The molecule has 128 valence electrons. The molecule has 5 nitrogen and oxygen atoms in total. The SMILES string of the molecule is NC(=O)C1(NCc2ccc(S(=O)(=O)C(F)F)cc2)CCCCC1. The van der Waals surface area contributed by atoms with Crippen LogP contribution in [0.4, 0.5) is 8.78 Å². The summed E-state index contributed by atoms with van der Waals surface area (Å²) in [5.41, 5.74) is 5.47. The Morgan fingerprint density at radius 1 is 1.17 bits per heavy atom. The number of nitrogens with two attached hydrogens (primary N) is 1. The lowest BCUT2D eigenvalue weighted by Crippen LogP contribution is -2.56. The molecule has 0 atom stereocenters. The van der Waals surface area contributed by atoms with Crippen LogP contribution >= 0.6 is 0 Å². The van der Waals surface area contributed by atoms with Gasteiger partial charge in [-0.3, -0.25) is 10.1 Å². The fourth-order valence-corrected chi connectivity index (χ4v) is 3.56. The van der Waals surface area contributed by atoms with Crippen LogP contribution in [0.2, 0.25) is 0 Å². The molecule has 0 aromatic heterocycles. The van der Waals surface area contributed by atoms with Gasteiger partial charge in [-0.05, 0) is 30.5 Å². The molecule has 2 rings (SSSR count). The molecule has 1 saturated carbocycles. The number of amides is 1. The quantitative estimate of drug-likeness (QED) is 0.824. The summed E-state index contributed by atoms with van der Waals surface area (Å²) in [6, 6.07) is 5.21. The monoisotopic (exact) mass is 346 g/mol. The van der Waals surface area contributed by atoms with Gasteiger partial charge in [0.2, 0.25) is 15.7 Å². The average molecular weight is 346 g/mol. The Morgan fingerprint density at radius 3 is 2.22 bits per heavy atom. The van der Waals surface area contributed by atoms with Crippen molar-refractivity contribution in [3.63, 3.8) is 0 Å². The van der Waals surface area contributed by atoms with Gasteiger partial charge in [-0.25, -0.2) is 8.42 Å². The van der Waals surface area contributed by atoms with Crippen molar-refractivity contribution in [2.24, 2.45) is 5.73 Å². The fraction of sp³-hybridized carbons (Fsp3) is 0.533. The van der Waals surface area contributed by atoms with E-state index in [2.05, 4.69) is 5.32 Å². The summed E-state index contributed by atoms with van der Waals surface area (Å²) >= 11 is 0. The van der Waals surface area contributed by atoms with Crippen LogP contribution in [0.3, 0.4) is 0 Å². The van der Waals surface area contributed by atoms with E-state index in [1.165, 1.54) is 12.1 Å². The summed E-state index contributed by atoms with van der Waals surface area (Å²) in [5, 5.41) is 3.16. The minimum absolute atomic E-state index is 0.317. The highest BCUT2D eigenvalue weighted by atomic mass is 32.2. The molecule has 1 aromatic carbocycles. The van der Waals surface area contributed by atoms with Gasteiger partial charge >= 0.3 is 5.76 Å². The van der Waals surface area contributed by atoms with Crippen molar-refractivity contribution < 1.29 is 22.0 Å². The third-order valence-electron chi connectivity index (χ3n) is 4.30. The second kappa shape index (κ2) is 6.92. The molecule has 0 radical (unpaired) electrons. The summed E-state index contributed by atoms with van der Waals surface area (Å²) in [4.78, 5) is 11.3. The zero-order chi connectivity index (χ0) is 17.1. The van der Waals surface area contributed by atoms with Crippen molar-refractivity contribution >= 4 is 15.7 Å². The molecule has 0 heterocycles. The van der Waals surface area contributed by atoms with E-state index in [1.807, 2.05) is 0 Å². The van der Waals surface area contributed by atoms with Gasteiger partial charge < -0.3 is 5.73 Å². The maximum atomic E-state index is 12.5. The van der Waals surface area contributed by atoms with E-state index >= 15 is 0 Å². The molecule has 0 bridgehead atoms. The highest BCUT2D eigenvalue weighted by Gasteiger charge is 2.37. The van der Waals surface area contributed by atoms with Crippen LogP contribution in [0.15, 0.2) is 29.2 Å². The molecule has 1 aromatic rings. The third-order valence-corrected chi connectivity index (χ3v) is 5.69. The molecule has 8 heteroatoms. The lowest BCUT2D eigenvalue weighted by Gasteiger charge is -2.35. The molecule has 1 amide bonds. The molecule has 0 saturated heterocycles. The number of hydrogen-bond donors (Lipinski definition) is 2. The fourth-order valence-electron chi connectivity index (χ4n) is 2.84. The Labute approximate surface area is 134 Å². The minimum Gasteiger partial charge on any atom is -0.368 e. The van der Waals surface area contributed by atoms with Crippen molar-refractivity contribution in [1.82, 2.24) is 5.32 Å². The second-order valence-corrected chi connectivity index (χ2v) is 7.73. The van der Waals surface area contributed by atoms with Gasteiger partial charge in [-0.2, -0.15) is 8.78 Å². The molecule has 1 aliphatic carbocycles. The molecule has 23 heavy (non-hydrogen) atoms. The van der Waals surface area contributed by atoms with Crippen LogP contribution in [0, 0.1) is 0 Å². The lowest BCUT2D eigenvalue weighted by atomic mass is 9.81. The number of nitrogens with one attached hydrogen (secondary N) is 1. The molecule has 0 spiro atoms. The first-order valence-corrected chi connectivity index (χ1v) is 8.98. The number of alkyl halides is 2. The maximum absolute atomic E-state index is 12.5. The Balaban J connectivity index is 2.08. The van der Waals surface area contributed by atoms with Gasteiger partial charge in [0.05, 0.1) is 10.4 Å². The van der Waals surface area contributed by atoms with Crippen molar-refractivity contribution in [3.05, 3.63) is 29.8 Å². The van der Waals surface area contributed by atoms with Gasteiger partial charge in [-0.15, -0.1) is 0 Å². The lowest BCUT2D eigenvalue weighted by molar-refractivity contribution is -0.125. The van der Waals surface area contributed by atoms with E-state index in [-0.39, 0.29) is 0 Å². The maximum Gasteiger partial charge on any atom is 0.341 e. The van der Waals surface area contributed by atoms with Gasteiger partial charge in [0.25, 0.3) is 0 Å². The number of primary amides is 1. The first-order valence-electron chi connectivity index (χ1n) is 7.44. The zero-order valence-electron chi connectivity index (χ0n) is 12.6. The summed E-state index contributed by atoms with van der Waals surface area (Å²) < 4.78 is 47.7. The number of carbonyl (C=O) groups is 1. The average Bonchev–Trinajstić information content (AvgIpc) is 2.54. The Bertz CT molecular complexity index is 654. The number of hydrogen-bond acceptors (Lipinski definition) is 4. The predicted molar refractivity (Wildman–Crippen MR) is 81.5 cm³/mol. The number of benzene rings is 1. The second-order valence-electron chi connectivity index (χ2n) is 5.81. The van der Waals surface area contributed by atoms with Crippen LogP contribution in [-0.2, 0) is 21.2 Å². The van der Waals surface area contributed by atoms with E-state index in [9.17, 15) is 22.0 Å². The first-order chi connectivity index (χ1) is 10.8. The number of halogens is 2. The topological polar surface area (TPSA) is 89.3 Å². The largest absolute Gasteiger partial charge is 0.368 e. The summed E-state index contributed by atoms with van der Waals surface area (Å²) in [6.45, 7) is 0.317. The molecular weight excluding hydrogens is 326 g/mol. The van der Waals surface area contributed by atoms with Crippen LogP contribution in [0.25, 0.3) is 0 Å². The van der Waals surface area contributed by atoms with Crippen LogP contribution in [0.5, 0.6) is 0 Å². The van der Waals surface area contributed by atoms with Gasteiger partial charge in [-0.1, -0.05) is 31.4 Å². The van der Waals surface area contributed by atoms with Crippen molar-refractivity contribution in [3.8, 4) is 0 Å². The summed E-state index contributed by atoms with van der Waals surface area (Å²) in [7, 11) is -4.58. The van der Waals surface area contributed by atoms with E-state index in [4.69, 9.17) is 5.73 Å². The van der Waals surface area contributed by atoms with Crippen LogP contribution in [-0.4, -0.2) is 25.6 Å². The third kappa shape index (κ3) is 3.87. The number of sulfone groups is 1. The van der Waals surface area contributed by atoms with E-state index in [0.717, 1.165) is 31.4 Å². The molecular formula is C15H20F2N2O3S. The highest BCUT2D eigenvalue weighted by molar-refractivity contribution is 7.91. The first kappa shape index (κ1) is 17.8. The molecule has 0 unspecified atom stereocenters. The molecule has 0 aliphatic heterocycles. The Kier molecular flexibility index (Phi) is 5.36. The van der Waals surface area contributed by atoms with Crippen molar-refractivity contribution in [2.45, 2.75) is 54.8 Å². The Morgan fingerprint density at radius 2 is 1.74 bits per heavy atom. The Hall–Kier alpha value is -1.54. The smallest absolute Gasteiger partial charge is 0.341 e. The van der Waals surface area contributed by atoms with E-state index < -0.39 is 31.9 Å². The van der Waals surface area contributed by atoms with Crippen LogP contribution < -0.4 is 11.1 Å².